The van der Waals surface area contributed by atoms with Gasteiger partial charge in [-0.15, -0.1) is 0 Å². The minimum absolute atomic E-state index is 1.08. The summed E-state index contributed by atoms with van der Waals surface area (Å²) in [4.78, 5) is 0. The lowest BCUT2D eigenvalue weighted by molar-refractivity contribution is 0.473. The van der Waals surface area contributed by atoms with Crippen LogP contribution in [-0.4, -0.2) is 5.11 Å². The molecule has 0 amide bonds. The van der Waals surface area contributed by atoms with Gasteiger partial charge in [-0.3, -0.25) is 0 Å². The molecule has 0 aliphatic rings. The Morgan fingerprint density at radius 2 is 1.05 bits per heavy atom. The lowest BCUT2D eigenvalue weighted by atomic mass is 10.0. The Labute approximate surface area is 127 Å². The average Bonchev–Trinajstić information content (AvgIpc) is 2.47. The van der Waals surface area contributed by atoms with E-state index in [1.165, 1.54) is 83.5 Å². The molecule has 0 saturated heterocycles. The topological polar surface area (TPSA) is 20.2 Å². The Morgan fingerprint density at radius 3 is 1.50 bits per heavy atom. The zero-order valence-corrected chi connectivity index (χ0v) is 13.7. The molecule has 0 rings (SSSR count). The molecule has 0 aromatic rings. The van der Waals surface area contributed by atoms with Gasteiger partial charge in [-0.25, -0.2) is 0 Å². The standard InChI is InChI=1S/C19H36O/c1-2-3-4-5-6-7-8-9-10-11-12-13-14-15-16-17-18-19-20/h16-20H,2-15H2,1H3. The van der Waals surface area contributed by atoms with Crippen molar-refractivity contribution in [2.45, 2.75) is 96.8 Å². The summed E-state index contributed by atoms with van der Waals surface area (Å²) in [6, 6.07) is 0. The molecule has 0 saturated carbocycles. The van der Waals surface area contributed by atoms with Gasteiger partial charge in [0.2, 0.25) is 0 Å². The van der Waals surface area contributed by atoms with Gasteiger partial charge in [-0.1, -0.05) is 96.1 Å². The number of allylic oxidation sites excluding steroid dienone is 3. The summed E-state index contributed by atoms with van der Waals surface area (Å²) < 4.78 is 0. The zero-order chi connectivity index (χ0) is 14.7. The Hall–Kier alpha value is -0.720. The van der Waals surface area contributed by atoms with Crippen molar-refractivity contribution in [2.75, 3.05) is 0 Å². The minimum atomic E-state index is 1.08. The Kier molecular flexibility index (Phi) is 17.6. The summed E-state index contributed by atoms with van der Waals surface area (Å²) in [5.74, 6) is 0. The number of aliphatic hydroxyl groups is 1. The van der Waals surface area contributed by atoms with Crippen LogP contribution in [0.3, 0.4) is 0 Å². The second kappa shape index (κ2) is 18.3. The predicted molar refractivity (Wildman–Crippen MR) is 91.2 cm³/mol. The van der Waals surface area contributed by atoms with Gasteiger partial charge in [0, 0.05) is 0 Å². The number of unbranched alkanes of at least 4 members (excludes halogenated alkanes) is 13. The fourth-order valence-corrected chi connectivity index (χ4v) is 2.50. The molecule has 0 radical (unpaired) electrons. The maximum absolute atomic E-state index is 8.45. The van der Waals surface area contributed by atoms with Crippen LogP contribution in [0.25, 0.3) is 0 Å². The smallest absolute Gasteiger partial charge is 0.0791 e. The molecule has 0 unspecified atom stereocenters. The lowest BCUT2D eigenvalue weighted by Gasteiger charge is -2.02. The molecule has 0 aromatic heterocycles. The fourth-order valence-electron chi connectivity index (χ4n) is 2.50. The third kappa shape index (κ3) is 17.3. The highest BCUT2D eigenvalue weighted by Gasteiger charge is 1.93. The fraction of sp³-hybridized carbons (Fsp3) is 0.789. The summed E-state index contributed by atoms with van der Waals surface area (Å²) in [5, 5.41) is 8.45. The van der Waals surface area contributed by atoms with E-state index in [-0.39, 0.29) is 0 Å². The van der Waals surface area contributed by atoms with Crippen molar-refractivity contribution in [1.29, 1.82) is 0 Å². The van der Waals surface area contributed by atoms with E-state index in [2.05, 4.69) is 13.0 Å². The van der Waals surface area contributed by atoms with Gasteiger partial charge in [-0.05, 0) is 18.9 Å². The number of hydrogen-bond acceptors (Lipinski definition) is 1. The molecule has 0 spiro atoms. The first-order valence-corrected chi connectivity index (χ1v) is 8.87. The van der Waals surface area contributed by atoms with Crippen molar-refractivity contribution >= 4 is 0 Å². The molecule has 1 heteroatoms. The summed E-state index contributed by atoms with van der Waals surface area (Å²) >= 11 is 0. The highest BCUT2D eigenvalue weighted by Crippen LogP contribution is 2.12. The van der Waals surface area contributed by atoms with E-state index in [1.807, 2.05) is 6.08 Å². The molecule has 0 aliphatic carbocycles. The van der Waals surface area contributed by atoms with E-state index in [0.717, 1.165) is 12.7 Å². The first kappa shape index (κ1) is 19.3. The monoisotopic (exact) mass is 280 g/mol. The molecule has 0 aliphatic heterocycles. The highest BCUT2D eigenvalue weighted by molar-refractivity contribution is 4.98. The zero-order valence-electron chi connectivity index (χ0n) is 13.7. The lowest BCUT2D eigenvalue weighted by Crippen LogP contribution is -1.82. The first-order chi connectivity index (χ1) is 9.91. The van der Waals surface area contributed by atoms with Crippen molar-refractivity contribution in [1.82, 2.24) is 0 Å². The van der Waals surface area contributed by atoms with Crippen LogP contribution in [0.15, 0.2) is 24.5 Å². The maximum Gasteiger partial charge on any atom is 0.0791 e. The molecule has 0 heterocycles. The van der Waals surface area contributed by atoms with Gasteiger partial charge in [0.05, 0.1) is 6.26 Å². The van der Waals surface area contributed by atoms with Crippen LogP contribution in [0.5, 0.6) is 0 Å². The van der Waals surface area contributed by atoms with Crippen LogP contribution in [-0.2, 0) is 0 Å². The van der Waals surface area contributed by atoms with Gasteiger partial charge < -0.3 is 5.11 Å². The van der Waals surface area contributed by atoms with E-state index in [4.69, 9.17) is 5.11 Å². The van der Waals surface area contributed by atoms with Gasteiger partial charge in [0.15, 0.2) is 0 Å². The molecule has 20 heavy (non-hydrogen) atoms. The highest BCUT2D eigenvalue weighted by atomic mass is 16.2. The van der Waals surface area contributed by atoms with Gasteiger partial charge in [0.25, 0.3) is 0 Å². The van der Waals surface area contributed by atoms with Gasteiger partial charge >= 0.3 is 0 Å². The van der Waals surface area contributed by atoms with Gasteiger partial charge in [0.1, 0.15) is 0 Å². The molecule has 0 atom stereocenters. The SMILES string of the molecule is CCCCCCCCCCCCCCCC=CC=CO. The molecule has 0 bridgehead atoms. The van der Waals surface area contributed by atoms with E-state index in [9.17, 15) is 0 Å². The quantitative estimate of drug-likeness (QED) is 0.193. The summed E-state index contributed by atoms with van der Waals surface area (Å²) in [7, 11) is 0. The average molecular weight is 280 g/mol. The molecular weight excluding hydrogens is 244 g/mol. The maximum atomic E-state index is 8.45. The van der Waals surface area contributed by atoms with Crippen LogP contribution in [0.4, 0.5) is 0 Å². The van der Waals surface area contributed by atoms with E-state index in [0.29, 0.717) is 0 Å². The van der Waals surface area contributed by atoms with Crippen molar-refractivity contribution < 1.29 is 5.11 Å². The van der Waals surface area contributed by atoms with E-state index < -0.39 is 0 Å². The molecular formula is C19H36O. The van der Waals surface area contributed by atoms with Gasteiger partial charge in [-0.2, -0.15) is 0 Å². The molecule has 1 N–H and O–H groups in total. The third-order valence-corrected chi connectivity index (χ3v) is 3.81. The van der Waals surface area contributed by atoms with Crippen LogP contribution < -0.4 is 0 Å². The summed E-state index contributed by atoms with van der Waals surface area (Å²) in [5.41, 5.74) is 0. The normalized spacial score (nSPS) is 11.8. The second-order valence-electron chi connectivity index (χ2n) is 5.80. The molecule has 118 valence electrons. The molecule has 0 fully saturated rings. The van der Waals surface area contributed by atoms with Crippen molar-refractivity contribution in [3.8, 4) is 0 Å². The minimum Gasteiger partial charge on any atom is -0.516 e. The molecule has 0 aromatic carbocycles. The predicted octanol–water partition coefficient (Wildman–Crippen LogP) is 7.10. The summed E-state index contributed by atoms with van der Waals surface area (Å²) in [6.45, 7) is 2.28. The second-order valence-corrected chi connectivity index (χ2v) is 5.80. The third-order valence-electron chi connectivity index (χ3n) is 3.81. The number of rotatable bonds is 15. The Bertz CT molecular complexity index is 218. The largest absolute Gasteiger partial charge is 0.516 e. The molecule has 1 nitrogen and oxygen atoms in total. The number of aliphatic hydroxyl groups excluding tert-OH is 1. The Morgan fingerprint density at radius 1 is 0.600 bits per heavy atom. The van der Waals surface area contributed by atoms with Crippen molar-refractivity contribution in [3.05, 3.63) is 24.5 Å². The van der Waals surface area contributed by atoms with E-state index >= 15 is 0 Å². The van der Waals surface area contributed by atoms with Crippen LogP contribution in [0, 0.1) is 0 Å². The number of hydrogen-bond donors (Lipinski definition) is 1. The van der Waals surface area contributed by atoms with Crippen LogP contribution in [0.2, 0.25) is 0 Å². The van der Waals surface area contributed by atoms with E-state index in [1.54, 1.807) is 6.08 Å². The van der Waals surface area contributed by atoms with Crippen molar-refractivity contribution in [2.24, 2.45) is 0 Å². The first-order valence-electron chi connectivity index (χ1n) is 8.87. The van der Waals surface area contributed by atoms with Crippen LogP contribution >= 0.6 is 0 Å². The Balaban J connectivity index is 2.99. The van der Waals surface area contributed by atoms with Crippen molar-refractivity contribution in [3.63, 3.8) is 0 Å². The summed E-state index contributed by atoms with van der Waals surface area (Å²) in [6.07, 6.45) is 26.3. The van der Waals surface area contributed by atoms with Crippen LogP contribution in [0.1, 0.15) is 96.8 Å².